The van der Waals surface area contributed by atoms with Crippen LogP contribution in [0.2, 0.25) is 0 Å². The molecule has 0 atom stereocenters. The van der Waals surface area contributed by atoms with E-state index in [9.17, 15) is 10.1 Å². The van der Waals surface area contributed by atoms with Crippen LogP contribution in [0.3, 0.4) is 0 Å². The third-order valence-corrected chi connectivity index (χ3v) is 3.26. The molecule has 1 rings (SSSR count). The first-order valence-corrected chi connectivity index (χ1v) is 7.67. The lowest BCUT2D eigenvalue weighted by molar-refractivity contribution is -0.117. The first-order chi connectivity index (χ1) is 10.6. The Hall–Kier alpha value is -2.24. The van der Waals surface area contributed by atoms with Crippen LogP contribution in [-0.2, 0) is 4.79 Å². The fourth-order valence-corrected chi connectivity index (χ4v) is 2.04. The maximum atomic E-state index is 12.0. The highest BCUT2D eigenvalue weighted by atomic mass is 79.9. The Morgan fingerprint density at radius 2 is 2.32 bits per heavy atom. The van der Waals surface area contributed by atoms with Gasteiger partial charge in [0.15, 0.2) is 0 Å². The molecule has 0 saturated heterocycles. The summed E-state index contributed by atoms with van der Waals surface area (Å²) >= 11 is 3.36. The summed E-state index contributed by atoms with van der Waals surface area (Å²) in [4.78, 5) is 12.0. The van der Waals surface area contributed by atoms with Crippen LogP contribution in [0, 0.1) is 23.7 Å². The number of hydrogen-bond donors (Lipinski definition) is 1. The molecule has 22 heavy (non-hydrogen) atoms. The topological polar surface area (TPSA) is 62.1 Å². The Labute approximate surface area is 139 Å². The summed E-state index contributed by atoms with van der Waals surface area (Å²) in [6, 6.07) is 7.22. The molecule has 0 heterocycles. The van der Waals surface area contributed by atoms with Crippen molar-refractivity contribution in [1.82, 2.24) is 5.32 Å². The Balaban J connectivity index is 3.01. The zero-order valence-electron chi connectivity index (χ0n) is 12.4. The van der Waals surface area contributed by atoms with Crippen LogP contribution < -0.4 is 10.1 Å². The fourth-order valence-electron chi connectivity index (χ4n) is 1.66. The van der Waals surface area contributed by atoms with E-state index in [0.717, 1.165) is 17.3 Å². The van der Waals surface area contributed by atoms with Gasteiger partial charge in [-0.25, -0.2) is 0 Å². The van der Waals surface area contributed by atoms with Gasteiger partial charge in [-0.1, -0.05) is 35.2 Å². The molecule has 0 fully saturated rings. The summed E-state index contributed by atoms with van der Waals surface area (Å²) in [5, 5.41) is 11.9. The van der Waals surface area contributed by atoms with E-state index in [1.807, 2.05) is 13.0 Å². The second-order valence-electron chi connectivity index (χ2n) is 4.45. The Kier molecular flexibility index (Phi) is 7.81. The maximum absolute atomic E-state index is 12.0. The zero-order chi connectivity index (χ0) is 16.4. The van der Waals surface area contributed by atoms with Crippen LogP contribution in [0.1, 0.15) is 25.3 Å². The van der Waals surface area contributed by atoms with Gasteiger partial charge < -0.3 is 10.1 Å². The molecule has 1 aromatic rings. The molecule has 5 heteroatoms. The number of nitrogens with zero attached hydrogens (tertiary/aromatic N) is 1. The molecule has 4 nitrogen and oxygen atoms in total. The van der Waals surface area contributed by atoms with Crippen LogP contribution in [0.15, 0.2) is 28.2 Å². The lowest BCUT2D eigenvalue weighted by atomic mass is 10.1. The smallest absolute Gasteiger partial charge is 0.261 e. The van der Waals surface area contributed by atoms with Gasteiger partial charge in [-0.05, 0) is 30.7 Å². The van der Waals surface area contributed by atoms with E-state index in [1.165, 1.54) is 6.08 Å². The van der Waals surface area contributed by atoms with Crippen molar-refractivity contribution in [3.8, 4) is 24.2 Å². The van der Waals surface area contributed by atoms with Gasteiger partial charge in [0.1, 0.15) is 24.0 Å². The van der Waals surface area contributed by atoms with Crippen LogP contribution in [0.5, 0.6) is 5.75 Å². The Morgan fingerprint density at radius 1 is 1.55 bits per heavy atom. The second-order valence-corrected chi connectivity index (χ2v) is 5.37. The highest BCUT2D eigenvalue weighted by Gasteiger charge is 2.10. The van der Waals surface area contributed by atoms with Gasteiger partial charge in [0.2, 0.25) is 0 Å². The predicted molar refractivity (Wildman–Crippen MR) is 90.0 cm³/mol. The van der Waals surface area contributed by atoms with E-state index in [-0.39, 0.29) is 18.1 Å². The molecule has 0 aliphatic rings. The van der Waals surface area contributed by atoms with E-state index in [4.69, 9.17) is 11.2 Å². The van der Waals surface area contributed by atoms with Crippen molar-refractivity contribution in [1.29, 1.82) is 5.26 Å². The van der Waals surface area contributed by atoms with Crippen molar-refractivity contribution in [2.45, 2.75) is 19.8 Å². The quantitative estimate of drug-likeness (QED) is 0.351. The number of nitriles is 1. The summed E-state index contributed by atoms with van der Waals surface area (Å²) in [5.41, 5.74) is 0.645. The number of rotatable bonds is 7. The normalized spacial score (nSPS) is 10.5. The lowest BCUT2D eigenvalue weighted by Crippen LogP contribution is -2.25. The van der Waals surface area contributed by atoms with Gasteiger partial charge in [-0.15, -0.1) is 6.42 Å². The predicted octanol–water partition coefficient (Wildman–Crippen LogP) is 3.28. The summed E-state index contributed by atoms with van der Waals surface area (Å²) < 4.78 is 6.24. The molecule has 1 aromatic carbocycles. The number of halogens is 1. The molecule has 0 radical (unpaired) electrons. The SMILES string of the molecule is C#CCOc1ccc(Br)cc1/C=C(\C#N)C(=O)NCCCC. The number of ether oxygens (including phenoxy) is 1. The van der Waals surface area contributed by atoms with Crippen LogP contribution >= 0.6 is 15.9 Å². The molecule has 1 amide bonds. The van der Waals surface area contributed by atoms with Gasteiger partial charge in [-0.3, -0.25) is 4.79 Å². The fraction of sp³-hybridized carbons (Fsp3) is 0.294. The third kappa shape index (κ3) is 5.63. The van der Waals surface area contributed by atoms with Crippen molar-refractivity contribution in [2.75, 3.05) is 13.2 Å². The van der Waals surface area contributed by atoms with E-state index in [0.29, 0.717) is 17.9 Å². The second kappa shape index (κ2) is 9.65. The standard InChI is InChI=1S/C17H17BrN2O2/c1-3-5-8-20-17(21)14(12-19)10-13-11-15(18)6-7-16(13)22-9-4-2/h2,6-7,10-11H,3,5,8-9H2,1H3,(H,20,21)/b14-10+. The maximum Gasteiger partial charge on any atom is 0.261 e. The molecule has 0 aromatic heterocycles. The van der Waals surface area contributed by atoms with Gasteiger partial charge in [-0.2, -0.15) is 5.26 Å². The Morgan fingerprint density at radius 3 is 2.95 bits per heavy atom. The molecule has 0 saturated carbocycles. The highest BCUT2D eigenvalue weighted by molar-refractivity contribution is 9.10. The number of amides is 1. The number of terminal acetylenes is 1. The molecule has 0 spiro atoms. The average Bonchev–Trinajstić information content (AvgIpc) is 2.51. The van der Waals surface area contributed by atoms with Crippen molar-refractivity contribution in [3.63, 3.8) is 0 Å². The van der Waals surface area contributed by atoms with Gasteiger partial charge >= 0.3 is 0 Å². The van der Waals surface area contributed by atoms with E-state index >= 15 is 0 Å². The summed E-state index contributed by atoms with van der Waals surface area (Å²) in [6.07, 6.45) is 8.53. The van der Waals surface area contributed by atoms with E-state index in [1.54, 1.807) is 18.2 Å². The van der Waals surface area contributed by atoms with E-state index in [2.05, 4.69) is 27.2 Å². The van der Waals surface area contributed by atoms with Crippen molar-refractivity contribution in [2.24, 2.45) is 0 Å². The van der Waals surface area contributed by atoms with Gasteiger partial charge in [0.25, 0.3) is 5.91 Å². The first-order valence-electron chi connectivity index (χ1n) is 6.88. The first kappa shape index (κ1) is 17.8. The summed E-state index contributed by atoms with van der Waals surface area (Å²) in [5.74, 6) is 2.52. The number of hydrogen-bond acceptors (Lipinski definition) is 3. The molecule has 0 bridgehead atoms. The molecule has 0 aliphatic heterocycles. The van der Waals surface area contributed by atoms with Crippen molar-refractivity contribution < 1.29 is 9.53 Å². The van der Waals surface area contributed by atoms with Gasteiger partial charge in [0.05, 0.1) is 0 Å². The largest absolute Gasteiger partial charge is 0.480 e. The van der Waals surface area contributed by atoms with Crippen LogP contribution in [0.4, 0.5) is 0 Å². The monoisotopic (exact) mass is 360 g/mol. The minimum absolute atomic E-state index is 0.0276. The van der Waals surface area contributed by atoms with E-state index < -0.39 is 0 Å². The number of nitrogens with one attached hydrogen (secondary N) is 1. The number of carbonyl (C=O) groups is 1. The number of benzene rings is 1. The van der Waals surface area contributed by atoms with Crippen molar-refractivity contribution in [3.05, 3.63) is 33.8 Å². The summed E-state index contributed by atoms with van der Waals surface area (Å²) in [7, 11) is 0. The molecule has 0 unspecified atom stereocenters. The molecule has 1 N–H and O–H groups in total. The highest BCUT2D eigenvalue weighted by Crippen LogP contribution is 2.25. The minimum Gasteiger partial charge on any atom is -0.480 e. The molecular formula is C17H17BrN2O2. The van der Waals surface area contributed by atoms with Crippen molar-refractivity contribution >= 4 is 27.9 Å². The summed E-state index contributed by atoms with van der Waals surface area (Å²) in [6.45, 7) is 2.70. The molecular weight excluding hydrogens is 344 g/mol. The van der Waals surface area contributed by atoms with Crippen LogP contribution in [0.25, 0.3) is 6.08 Å². The zero-order valence-corrected chi connectivity index (χ0v) is 13.9. The third-order valence-electron chi connectivity index (χ3n) is 2.76. The van der Waals surface area contributed by atoms with Gasteiger partial charge in [0, 0.05) is 16.6 Å². The molecule has 0 aliphatic carbocycles. The lowest BCUT2D eigenvalue weighted by Gasteiger charge is -2.08. The molecule has 114 valence electrons. The minimum atomic E-state index is -0.390. The number of carbonyl (C=O) groups excluding carboxylic acids is 1. The Bertz CT molecular complexity index is 639. The average molecular weight is 361 g/mol. The number of unbranched alkanes of at least 4 members (excludes halogenated alkanes) is 1. The van der Waals surface area contributed by atoms with Crippen LogP contribution in [-0.4, -0.2) is 19.1 Å².